The van der Waals surface area contributed by atoms with Gasteiger partial charge in [0.2, 0.25) is 0 Å². The van der Waals surface area contributed by atoms with Crippen molar-refractivity contribution in [3.05, 3.63) is 42.6 Å². The normalized spacial score (nSPS) is 9.31. The zero-order valence-electron chi connectivity index (χ0n) is 7.40. The van der Waals surface area contributed by atoms with Crippen molar-refractivity contribution in [1.29, 1.82) is 0 Å². The number of rotatable bonds is 3. The maximum Gasteiger partial charge on any atom is 0.351 e. The second-order valence-corrected chi connectivity index (χ2v) is 2.65. The average Bonchev–Trinajstić information content (AvgIpc) is 2.17. The van der Waals surface area contributed by atoms with E-state index in [1.807, 2.05) is 30.3 Å². The van der Waals surface area contributed by atoms with Crippen LogP contribution in [0.25, 0.3) is 0 Å². The molecule has 0 saturated carbocycles. The van der Waals surface area contributed by atoms with Crippen LogP contribution >= 0.6 is 0 Å². The summed E-state index contributed by atoms with van der Waals surface area (Å²) in [6.07, 6.45) is 0. The van der Waals surface area contributed by atoms with Gasteiger partial charge in [0.25, 0.3) is 0 Å². The van der Waals surface area contributed by atoms with Crippen LogP contribution in [-0.2, 0) is 4.79 Å². The van der Waals surface area contributed by atoms with Crippen LogP contribution in [-0.4, -0.2) is 18.1 Å². The Hall–Kier alpha value is -1.77. The van der Waals surface area contributed by atoms with Gasteiger partial charge >= 0.3 is 5.97 Å². The minimum absolute atomic E-state index is 0.0613. The van der Waals surface area contributed by atoms with Gasteiger partial charge in [-0.15, -0.1) is 0 Å². The molecule has 3 heteroatoms. The van der Waals surface area contributed by atoms with Gasteiger partial charge in [-0.25, -0.2) is 4.79 Å². The largest absolute Gasteiger partial charge is 0.477 e. The van der Waals surface area contributed by atoms with E-state index < -0.39 is 5.97 Å². The predicted molar refractivity (Wildman–Crippen MR) is 51.6 cm³/mol. The van der Waals surface area contributed by atoms with Gasteiger partial charge in [0.05, 0.1) is 0 Å². The first-order valence-corrected chi connectivity index (χ1v) is 3.84. The molecule has 1 N–H and O–H groups in total. The first-order chi connectivity index (χ1) is 6.13. The van der Waals surface area contributed by atoms with E-state index in [0.717, 1.165) is 5.69 Å². The first-order valence-electron chi connectivity index (χ1n) is 3.84. The molecule has 0 aromatic heterocycles. The lowest BCUT2D eigenvalue weighted by molar-refractivity contribution is -0.132. The van der Waals surface area contributed by atoms with Crippen LogP contribution in [0, 0.1) is 0 Å². The van der Waals surface area contributed by atoms with Crippen LogP contribution in [0.2, 0.25) is 0 Å². The topological polar surface area (TPSA) is 40.5 Å². The van der Waals surface area contributed by atoms with E-state index in [0.29, 0.717) is 0 Å². The molecule has 0 fully saturated rings. The summed E-state index contributed by atoms with van der Waals surface area (Å²) in [6.45, 7) is 3.46. The Kier molecular flexibility index (Phi) is 2.69. The fraction of sp³-hybridized carbons (Fsp3) is 0.100. The van der Waals surface area contributed by atoms with Crippen molar-refractivity contribution in [2.24, 2.45) is 0 Å². The molecule has 1 aromatic carbocycles. The summed E-state index contributed by atoms with van der Waals surface area (Å²) < 4.78 is 0. The number of carbonyl (C=O) groups is 1. The molecule has 0 aliphatic rings. The van der Waals surface area contributed by atoms with Gasteiger partial charge in [0.15, 0.2) is 0 Å². The lowest BCUT2D eigenvalue weighted by Crippen LogP contribution is -2.21. The van der Waals surface area contributed by atoms with Gasteiger partial charge in [-0.2, -0.15) is 0 Å². The van der Waals surface area contributed by atoms with E-state index in [-0.39, 0.29) is 5.70 Å². The third-order valence-corrected chi connectivity index (χ3v) is 1.80. The van der Waals surface area contributed by atoms with E-state index in [9.17, 15) is 4.79 Å². The van der Waals surface area contributed by atoms with Crippen LogP contribution in [0.15, 0.2) is 42.6 Å². The minimum atomic E-state index is -1.01. The van der Waals surface area contributed by atoms with Crippen LogP contribution in [0.4, 0.5) is 5.69 Å². The molecule has 1 rings (SSSR count). The second-order valence-electron chi connectivity index (χ2n) is 2.65. The van der Waals surface area contributed by atoms with E-state index in [4.69, 9.17) is 5.11 Å². The molecule has 0 unspecified atom stereocenters. The molecule has 0 heterocycles. The molecule has 0 bridgehead atoms. The fourth-order valence-electron chi connectivity index (χ4n) is 0.951. The standard InChI is InChI=1S/C10H11NO2/c1-8(10(12)13)11(2)9-6-4-3-5-7-9/h3-7H,1H2,2H3,(H,12,13). The molecule has 3 nitrogen and oxygen atoms in total. The Morgan fingerprint density at radius 1 is 1.38 bits per heavy atom. The predicted octanol–water partition coefficient (Wildman–Crippen LogP) is 1.72. The Labute approximate surface area is 76.9 Å². The lowest BCUT2D eigenvalue weighted by Gasteiger charge is -2.18. The highest BCUT2D eigenvalue weighted by Crippen LogP contribution is 2.14. The van der Waals surface area contributed by atoms with Crippen LogP contribution < -0.4 is 4.90 Å². The zero-order chi connectivity index (χ0) is 9.84. The molecule has 1 aromatic rings. The van der Waals surface area contributed by atoms with Crippen molar-refractivity contribution in [1.82, 2.24) is 0 Å². The van der Waals surface area contributed by atoms with Crippen molar-refractivity contribution in [2.45, 2.75) is 0 Å². The van der Waals surface area contributed by atoms with Crippen LogP contribution in [0.3, 0.4) is 0 Å². The molecule has 0 aliphatic heterocycles. The molecule has 0 radical (unpaired) electrons. The van der Waals surface area contributed by atoms with Crippen LogP contribution in [0.5, 0.6) is 0 Å². The highest BCUT2D eigenvalue weighted by atomic mass is 16.4. The summed E-state index contributed by atoms with van der Waals surface area (Å²) in [7, 11) is 1.67. The number of anilines is 1. The van der Waals surface area contributed by atoms with Gasteiger partial charge in [-0.05, 0) is 12.1 Å². The average molecular weight is 177 g/mol. The highest BCUT2D eigenvalue weighted by molar-refractivity contribution is 5.90. The van der Waals surface area contributed by atoms with Crippen molar-refractivity contribution in [3.8, 4) is 0 Å². The van der Waals surface area contributed by atoms with Crippen molar-refractivity contribution in [2.75, 3.05) is 11.9 Å². The summed E-state index contributed by atoms with van der Waals surface area (Å²) in [5, 5.41) is 8.67. The smallest absolute Gasteiger partial charge is 0.351 e. The maximum atomic E-state index is 10.6. The zero-order valence-corrected chi connectivity index (χ0v) is 7.40. The molecule has 68 valence electrons. The summed E-state index contributed by atoms with van der Waals surface area (Å²) in [5.74, 6) is -1.01. The van der Waals surface area contributed by atoms with Gasteiger partial charge < -0.3 is 10.0 Å². The van der Waals surface area contributed by atoms with E-state index in [2.05, 4.69) is 6.58 Å². The fourth-order valence-corrected chi connectivity index (χ4v) is 0.951. The van der Waals surface area contributed by atoms with E-state index >= 15 is 0 Å². The van der Waals surface area contributed by atoms with Crippen LogP contribution in [0.1, 0.15) is 0 Å². The molecule has 0 saturated heterocycles. The third-order valence-electron chi connectivity index (χ3n) is 1.80. The number of carboxylic acid groups (broad SMARTS) is 1. The molecule has 0 atom stereocenters. The first kappa shape index (κ1) is 9.32. The molecule has 0 spiro atoms. The maximum absolute atomic E-state index is 10.6. The summed E-state index contributed by atoms with van der Waals surface area (Å²) in [4.78, 5) is 12.1. The lowest BCUT2D eigenvalue weighted by atomic mass is 10.3. The number of carboxylic acids is 1. The van der Waals surface area contributed by atoms with Crippen molar-refractivity contribution < 1.29 is 9.90 Å². The molecule has 0 aliphatic carbocycles. The van der Waals surface area contributed by atoms with Gasteiger partial charge in [-0.1, -0.05) is 24.8 Å². The minimum Gasteiger partial charge on any atom is -0.477 e. The molecule has 13 heavy (non-hydrogen) atoms. The Morgan fingerprint density at radius 2 is 1.92 bits per heavy atom. The quantitative estimate of drug-likeness (QED) is 0.714. The van der Waals surface area contributed by atoms with Gasteiger partial charge in [-0.3, -0.25) is 0 Å². The van der Waals surface area contributed by atoms with Gasteiger partial charge in [0, 0.05) is 12.7 Å². The number of likely N-dealkylation sites (N-methyl/N-ethyl adjacent to an activating group) is 1. The number of benzene rings is 1. The Balaban J connectivity index is 2.86. The summed E-state index contributed by atoms with van der Waals surface area (Å²) in [6, 6.07) is 9.23. The Morgan fingerprint density at radius 3 is 2.38 bits per heavy atom. The highest BCUT2D eigenvalue weighted by Gasteiger charge is 2.10. The van der Waals surface area contributed by atoms with Crippen molar-refractivity contribution in [3.63, 3.8) is 0 Å². The number of hydrogen-bond donors (Lipinski definition) is 1. The third kappa shape index (κ3) is 2.08. The summed E-state index contributed by atoms with van der Waals surface area (Å²) in [5.41, 5.74) is 0.876. The number of hydrogen-bond acceptors (Lipinski definition) is 2. The van der Waals surface area contributed by atoms with Gasteiger partial charge in [0.1, 0.15) is 5.70 Å². The SMILES string of the molecule is C=C(C(=O)O)N(C)c1ccccc1. The molecular weight excluding hydrogens is 166 g/mol. The second kappa shape index (κ2) is 3.76. The molecule has 0 amide bonds. The number of para-hydroxylation sites is 1. The molecular formula is C10H11NO2. The van der Waals surface area contributed by atoms with E-state index in [1.165, 1.54) is 4.90 Å². The van der Waals surface area contributed by atoms with Crippen molar-refractivity contribution >= 4 is 11.7 Å². The number of aliphatic carboxylic acids is 1. The monoisotopic (exact) mass is 177 g/mol. The number of nitrogens with zero attached hydrogens (tertiary/aromatic N) is 1. The van der Waals surface area contributed by atoms with E-state index in [1.54, 1.807) is 7.05 Å². The Bertz CT molecular complexity index is 319. The summed E-state index contributed by atoms with van der Waals surface area (Å²) >= 11 is 0.